The first-order valence-electron chi connectivity index (χ1n) is 9.81. The predicted molar refractivity (Wildman–Crippen MR) is 110 cm³/mol. The minimum Gasteiger partial charge on any atom is -0.384 e. The molecule has 0 unspecified atom stereocenters. The van der Waals surface area contributed by atoms with Gasteiger partial charge >= 0.3 is 0 Å². The van der Waals surface area contributed by atoms with Gasteiger partial charge in [-0.2, -0.15) is 4.31 Å². The van der Waals surface area contributed by atoms with E-state index in [1.54, 1.807) is 7.11 Å². The fourth-order valence-electron chi connectivity index (χ4n) is 5.17. The minimum absolute atomic E-state index is 0. The third-order valence-corrected chi connectivity index (χ3v) is 8.32. The van der Waals surface area contributed by atoms with Crippen molar-refractivity contribution in [2.45, 2.75) is 44.7 Å². The van der Waals surface area contributed by atoms with Crippen LogP contribution in [0.5, 0.6) is 0 Å². The van der Waals surface area contributed by atoms with Gasteiger partial charge in [-0.25, -0.2) is 8.42 Å². The van der Waals surface area contributed by atoms with Crippen molar-refractivity contribution in [3.8, 4) is 0 Å². The number of benzene rings is 1. The lowest BCUT2D eigenvalue weighted by atomic mass is 9.77. The molecule has 0 amide bonds. The van der Waals surface area contributed by atoms with Gasteiger partial charge in [0, 0.05) is 38.8 Å². The number of nitrogens with zero attached hydrogens (tertiary/aromatic N) is 2. The maximum absolute atomic E-state index is 12.9. The van der Waals surface area contributed by atoms with Crippen molar-refractivity contribution in [2.24, 2.45) is 5.92 Å². The SMILES string of the molecule is COCCS(=O)(=O)N1CCC[C@@H]2CN3CCc4ccc(C)cc4[C@@H]3C[C@@H]21.Cl. The lowest BCUT2D eigenvalue weighted by Crippen LogP contribution is -2.57. The number of methoxy groups -OCH3 is 1. The molecule has 5 nitrogen and oxygen atoms in total. The van der Waals surface area contributed by atoms with Crippen molar-refractivity contribution in [3.05, 3.63) is 34.9 Å². The maximum atomic E-state index is 12.9. The van der Waals surface area contributed by atoms with Crippen molar-refractivity contribution in [1.82, 2.24) is 9.21 Å². The highest BCUT2D eigenvalue weighted by molar-refractivity contribution is 7.89. The average molecular weight is 415 g/mol. The zero-order valence-corrected chi connectivity index (χ0v) is 17.9. The van der Waals surface area contributed by atoms with E-state index in [0.717, 1.165) is 38.8 Å². The number of piperidine rings is 2. The lowest BCUT2D eigenvalue weighted by molar-refractivity contribution is 0.0218. The van der Waals surface area contributed by atoms with Crippen LogP contribution >= 0.6 is 12.4 Å². The topological polar surface area (TPSA) is 49.9 Å². The highest BCUT2D eigenvalue weighted by atomic mass is 35.5. The van der Waals surface area contributed by atoms with Crippen LogP contribution in [0.2, 0.25) is 0 Å². The van der Waals surface area contributed by atoms with Crippen LogP contribution < -0.4 is 0 Å². The van der Waals surface area contributed by atoms with Crippen molar-refractivity contribution in [3.63, 3.8) is 0 Å². The zero-order valence-electron chi connectivity index (χ0n) is 16.3. The fraction of sp³-hybridized carbons (Fsp3) is 0.700. The van der Waals surface area contributed by atoms with Crippen LogP contribution in [0.4, 0.5) is 0 Å². The average Bonchev–Trinajstić information content (AvgIpc) is 2.64. The molecule has 2 fully saturated rings. The molecular weight excluding hydrogens is 384 g/mol. The molecule has 0 saturated carbocycles. The summed E-state index contributed by atoms with van der Waals surface area (Å²) in [5.74, 6) is 0.556. The zero-order chi connectivity index (χ0) is 18.3. The van der Waals surface area contributed by atoms with Gasteiger partial charge in [0.15, 0.2) is 0 Å². The van der Waals surface area contributed by atoms with Crippen molar-refractivity contribution >= 4 is 22.4 Å². The van der Waals surface area contributed by atoms with Crippen LogP contribution in [0.1, 0.15) is 42.0 Å². The third-order valence-electron chi connectivity index (χ3n) is 6.47. The predicted octanol–water partition coefficient (Wildman–Crippen LogP) is 2.78. The summed E-state index contributed by atoms with van der Waals surface area (Å²) in [6.45, 7) is 5.21. The summed E-state index contributed by atoms with van der Waals surface area (Å²) in [7, 11) is -1.69. The summed E-state index contributed by atoms with van der Waals surface area (Å²) in [5.41, 5.74) is 4.16. The van der Waals surface area contributed by atoms with Gasteiger partial charge in [0.05, 0.1) is 12.4 Å². The molecule has 0 aromatic heterocycles. The van der Waals surface area contributed by atoms with E-state index in [-0.39, 0.29) is 30.8 Å². The second kappa shape index (κ2) is 8.37. The Morgan fingerprint density at radius 1 is 1.26 bits per heavy atom. The van der Waals surface area contributed by atoms with Gasteiger partial charge in [0.25, 0.3) is 0 Å². The Labute approximate surface area is 169 Å². The molecule has 3 aliphatic rings. The normalized spacial score (nSPS) is 28.6. The first-order valence-corrected chi connectivity index (χ1v) is 11.4. The third kappa shape index (κ3) is 4.06. The van der Waals surface area contributed by atoms with Crippen molar-refractivity contribution in [1.29, 1.82) is 0 Å². The summed E-state index contributed by atoms with van der Waals surface area (Å²) >= 11 is 0. The van der Waals surface area contributed by atoms with E-state index in [1.165, 1.54) is 16.7 Å². The standard InChI is InChI=1S/C20H30N2O3S.ClH/c1-15-5-6-16-7-9-21-14-17-4-3-8-22(26(23,24)11-10-25-2)19(17)13-20(21)18(16)12-15;/h5-6,12,17,19-20H,3-4,7-11,13-14H2,1-2H3;1H/t17-,19+,20+;/m1./s1. The van der Waals surface area contributed by atoms with Crippen molar-refractivity contribution < 1.29 is 13.2 Å². The number of aryl methyl sites for hydroxylation is 1. The number of fused-ring (bicyclic) bond motifs is 4. The van der Waals surface area contributed by atoms with E-state index >= 15 is 0 Å². The Kier molecular flexibility index (Phi) is 6.53. The van der Waals surface area contributed by atoms with Crippen LogP contribution in [0, 0.1) is 12.8 Å². The number of halogens is 1. The molecule has 1 aromatic rings. The molecule has 1 aromatic carbocycles. The smallest absolute Gasteiger partial charge is 0.216 e. The van der Waals surface area contributed by atoms with Crippen LogP contribution in [-0.2, 0) is 21.2 Å². The number of sulfonamides is 1. The summed E-state index contributed by atoms with van der Waals surface area (Å²) < 4.78 is 32.6. The van der Waals surface area contributed by atoms with Crippen LogP contribution in [0.15, 0.2) is 18.2 Å². The molecule has 2 saturated heterocycles. The first kappa shape index (κ1) is 21.1. The molecule has 152 valence electrons. The quantitative estimate of drug-likeness (QED) is 0.760. The van der Waals surface area contributed by atoms with E-state index in [2.05, 4.69) is 30.0 Å². The van der Waals surface area contributed by atoms with Crippen molar-refractivity contribution in [2.75, 3.05) is 39.1 Å². The molecule has 7 heteroatoms. The van der Waals surface area contributed by atoms with Crippen LogP contribution in [0.3, 0.4) is 0 Å². The van der Waals surface area contributed by atoms with Gasteiger partial charge in [-0.3, -0.25) is 4.90 Å². The van der Waals surface area contributed by atoms with Gasteiger partial charge in [-0.15, -0.1) is 12.4 Å². The second-order valence-electron chi connectivity index (χ2n) is 8.09. The maximum Gasteiger partial charge on any atom is 0.216 e. The Morgan fingerprint density at radius 3 is 2.85 bits per heavy atom. The molecule has 3 atom stereocenters. The van der Waals surface area contributed by atoms with Gasteiger partial charge in [0.2, 0.25) is 10.0 Å². The molecule has 4 rings (SSSR count). The highest BCUT2D eigenvalue weighted by Gasteiger charge is 2.45. The van der Waals surface area contributed by atoms with Gasteiger partial charge < -0.3 is 4.74 Å². The fourth-order valence-corrected chi connectivity index (χ4v) is 6.86. The van der Waals surface area contributed by atoms with Gasteiger partial charge in [-0.1, -0.05) is 23.8 Å². The Hall–Kier alpha value is -0.660. The largest absolute Gasteiger partial charge is 0.384 e. The molecule has 0 N–H and O–H groups in total. The Bertz CT molecular complexity index is 770. The summed E-state index contributed by atoms with van der Waals surface area (Å²) in [6, 6.07) is 7.28. The monoisotopic (exact) mass is 414 g/mol. The second-order valence-corrected chi connectivity index (χ2v) is 10.1. The molecule has 0 radical (unpaired) electrons. The van der Waals surface area contributed by atoms with E-state index < -0.39 is 10.0 Å². The molecule has 3 aliphatic heterocycles. The van der Waals surface area contributed by atoms with E-state index in [1.807, 2.05) is 4.31 Å². The molecular formula is C20H31ClN2O3S. The van der Waals surface area contributed by atoms with Gasteiger partial charge in [0.1, 0.15) is 0 Å². The van der Waals surface area contributed by atoms with Gasteiger partial charge in [-0.05, 0) is 49.7 Å². The number of rotatable bonds is 4. The Morgan fingerprint density at radius 2 is 2.07 bits per heavy atom. The molecule has 0 bridgehead atoms. The highest BCUT2D eigenvalue weighted by Crippen LogP contribution is 2.43. The summed E-state index contributed by atoms with van der Waals surface area (Å²) in [6.07, 6.45) is 4.15. The summed E-state index contributed by atoms with van der Waals surface area (Å²) in [4.78, 5) is 2.61. The number of hydrogen-bond donors (Lipinski definition) is 0. The molecule has 27 heavy (non-hydrogen) atoms. The number of ether oxygens (including phenoxy) is 1. The van der Waals surface area contributed by atoms with Crippen LogP contribution in [-0.4, -0.2) is 62.8 Å². The Balaban J connectivity index is 0.00000210. The van der Waals surface area contributed by atoms with E-state index in [0.29, 0.717) is 18.5 Å². The first-order chi connectivity index (χ1) is 12.5. The van der Waals surface area contributed by atoms with E-state index in [9.17, 15) is 8.42 Å². The summed E-state index contributed by atoms with van der Waals surface area (Å²) in [5, 5.41) is 0. The molecule has 3 heterocycles. The lowest BCUT2D eigenvalue weighted by Gasteiger charge is -2.51. The number of hydrogen-bond acceptors (Lipinski definition) is 4. The van der Waals surface area contributed by atoms with E-state index in [4.69, 9.17) is 4.74 Å². The molecule has 0 aliphatic carbocycles. The van der Waals surface area contributed by atoms with Crippen LogP contribution in [0.25, 0.3) is 0 Å². The minimum atomic E-state index is -3.25. The molecule has 0 spiro atoms.